The summed E-state index contributed by atoms with van der Waals surface area (Å²) in [4.78, 5) is 33.7. The summed E-state index contributed by atoms with van der Waals surface area (Å²) in [5.74, 6) is -0.377. The SMILES string of the molecule is O=C(NCC(=O)N1Cc2cncnc2C1)c1ccccc1. The molecule has 0 fully saturated rings. The van der Waals surface area contributed by atoms with E-state index >= 15 is 0 Å². The van der Waals surface area contributed by atoms with E-state index in [1.807, 2.05) is 6.07 Å². The fraction of sp³-hybridized carbons (Fsp3) is 0.200. The van der Waals surface area contributed by atoms with E-state index in [2.05, 4.69) is 15.3 Å². The highest BCUT2D eigenvalue weighted by Gasteiger charge is 2.24. The van der Waals surface area contributed by atoms with Crippen LogP contribution in [0.2, 0.25) is 0 Å². The van der Waals surface area contributed by atoms with Gasteiger partial charge >= 0.3 is 0 Å². The lowest BCUT2D eigenvalue weighted by Gasteiger charge is -2.15. The lowest BCUT2D eigenvalue weighted by Crippen LogP contribution is -2.37. The fourth-order valence-electron chi connectivity index (χ4n) is 2.24. The van der Waals surface area contributed by atoms with Crippen molar-refractivity contribution < 1.29 is 9.59 Å². The van der Waals surface area contributed by atoms with Gasteiger partial charge in [-0.15, -0.1) is 0 Å². The third kappa shape index (κ3) is 2.89. The number of rotatable bonds is 3. The van der Waals surface area contributed by atoms with Crippen molar-refractivity contribution in [2.24, 2.45) is 0 Å². The Hall–Kier alpha value is -2.76. The van der Waals surface area contributed by atoms with Crippen LogP contribution in [-0.2, 0) is 17.9 Å². The van der Waals surface area contributed by atoms with Crippen LogP contribution < -0.4 is 5.32 Å². The van der Waals surface area contributed by atoms with Crippen LogP contribution in [0.3, 0.4) is 0 Å². The Labute approximate surface area is 121 Å². The number of fused-ring (bicyclic) bond motifs is 1. The molecule has 3 rings (SSSR count). The molecule has 2 heterocycles. The molecule has 2 aromatic rings. The predicted molar refractivity (Wildman–Crippen MR) is 75.1 cm³/mol. The van der Waals surface area contributed by atoms with Crippen LogP contribution in [0.1, 0.15) is 21.6 Å². The van der Waals surface area contributed by atoms with Crippen molar-refractivity contribution in [3.63, 3.8) is 0 Å². The highest BCUT2D eigenvalue weighted by atomic mass is 16.2. The zero-order valence-corrected chi connectivity index (χ0v) is 11.3. The lowest BCUT2D eigenvalue weighted by atomic mass is 10.2. The van der Waals surface area contributed by atoms with Gasteiger partial charge in [0.1, 0.15) is 6.33 Å². The van der Waals surface area contributed by atoms with Crippen molar-refractivity contribution in [2.75, 3.05) is 6.54 Å². The molecule has 0 saturated carbocycles. The molecule has 0 bridgehead atoms. The molecule has 0 atom stereocenters. The number of nitrogens with zero attached hydrogens (tertiary/aromatic N) is 3. The number of aromatic nitrogens is 2. The van der Waals surface area contributed by atoms with Crippen LogP contribution in [0.5, 0.6) is 0 Å². The topological polar surface area (TPSA) is 75.2 Å². The average Bonchev–Trinajstić information content (AvgIpc) is 2.97. The van der Waals surface area contributed by atoms with Crippen molar-refractivity contribution in [1.82, 2.24) is 20.2 Å². The molecule has 1 aromatic carbocycles. The third-order valence-electron chi connectivity index (χ3n) is 3.37. The maximum Gasteiger partial charge on any atom is 0.251 e. The van der Waals surface area contributed by atoms with Gasteiger partial charge in [0.25, 0.3) is 5.91 Å². The molecule has 1 aliphatic rings. The van der Waals surface area contributed by atoms with E-state index in [0.29, 0.717) is 18.7 Å². The summed E-state index contributed by atoms with van der Waals surface area (Å²) in [7, 11) is 0. The molecular formula is C15H14N4O2. The van der Waals surface area contributed by atoms with E-state index in [1.165, 1.54) is 6.33 Å². The van der Waals surface area contributed by atoms with Crippen LogP contribution in [0, 0.1) is 0 Å². The Morgan fingerprint density at radius 1 is 1.19 bits per heavy atom. The normalized spacial score (nSPS) is 12.9. The number of carbonyl (C=O) groups excluding carboxylic acids is 2. The van der Waals surface area contributed by atoms with Gasteiger partial charge in [0.15, 0.2) is 0 Å². The van der Waals surface area contributed by atoms with Gasteiger partial charge in [0, 0.05) is 23.9 Å². The maximum atomic E-state index is 12.1. The first kappa shape index (κ1) is 13.2. The first-order chi connectivity index (χ1) is 10.2. The second kappa shape index (κ2) is 5.70. The van der Waals surface area contributed by atoms with Crippen molar-refractivity contribution in [3.05, 3.63) is 59.7 Å². The minimum atomic E-state index is -0.250. The average molecular weight is 282 g/mol. The number of amides is 2. The molecule has 21 heavy (non-hydrogen) atoms. The first-order valence-electron chi connectivity index (χ1n) is 6.63. The Balaban J connectivity index is 1.55. The molecule has 0 unspecified atom stereocenters. The zero-order chi connectivity index (χ0) is 14.7. The molecule has 0 radical (unpaired) electrons. The molecular weight excluding hydrogens is 268 g/mol. The van der Waals surface area contributed by atoms with E-state index in [9.17, 15) is 9.59 Å². The second-order valence-electron chi connectivity index (χ2n) is 4.79. The van der Waals surface area contributed by atoms with Crippen LogP contribution in [-0.4, -0.2) is 33.2 Å². The van der Waals surface area contributed by atoms with Gasteiger partial charge in [-0.25, -0.2) is 9.97 Å². The van der Waals surface area contributed by atoms with Gasteiger partial charge in [-0.1, -0.05) is 18.2 Å². The van der Waals surface area contributed by atoms with Gasteiger partial charge in [-0.05, 0) is 12.1 Å². The molecule has 1 N–H and O–H groups in total. The molecule has 2 amide bonds. The predicted octanol–water partition coefficient (Wildman–Crippen LogP) is 0.749. The summed E-state index contributed by atoms with van der Waals surface area (Å²) < 4.78 is 0. The van der Waals surface area contributed by atoms with Crippen molar-refractivity contribution >= 4 is 11.8 Å². The summed E-state index contributed by atoms with van der Waals surface area (Å²) in [6.45, 7) is 0.948. The fourth-order valence-corrected chi connectivity index (χ4v) is 2.24. The highest BCUT2D eigenvalue weighted by Crippen LogP contribution is 2.18. The largest absolute Gasteiger partial charge is 0.343 e. The van der Waals surface area contributed by atoms with E-state index < -0.39 is 0 Å². The number of hydrogen-bond donors (Lipinski definition) is 1. The molecule has 0 aliphatic carbocycles. The maximum absolute atomic E-state index is 12.1. The van der Waals surface area contributed by atoms with Gasteiger partial charge in [-0.3, -0.25) is 9.59 Å². The van der Waals surface area contributed by atoms with Crippen molar-refractivity contribution in [1.29, 1.82) is 0 Å². The molecule has 1 aromatic heterocycles. The van der Waals surface area contributed by atoms with Gasteiger partial charge in [0.05, 0.1) is 18.8 Å². The van der Waals surface area contributed by atoms with Crippen LogP contribution in [0.15, 0.2) is 42.9 Å². The summed E-state index contributed by atoms with van der Waals surface area (Å²) in [6.07, 6.45) is 3.20. The smallest absolute Gasteiger partial charge is 0.251 e. The number of benzene rings is 1. The summed E-state index contributed by atoms with van der Waals surface area (Å²) in [6, 6.07) is 8.83. The molecule has 0 spiro atoms. The number of hydrogen-bond acceptors (Lipinski definition) is 4. The quantitative estimate of drug-likeness (QED) is 0.901. The van der Waals surface area contributed by atoms with E-state index in [4.69, 9.17) is 0 Å². The number of carbonyl (C=O) groups is 2. The van der Waals surface area contributed by atoms with Gasteiger partial charge < -0.3 is 10.2 Å². The standard InChI is InChI=1S/C15H14N4O2/c20-14(7-17-15(21)11-4-2-1-3-5-11)19-8-12-6-16-10-18-13(12)9-19/h1-6,10H,7-9H2,(H,17,21). The molecule has 6 nitrogen and oxygen atoms in total. The van der Waals surface area contributed by atoms with Crippen LogP contribution in [0.4, 0.5) is 0 Å². The van der Waals surface area contributed by atoms with E-state index in [1.54, 1.807) is 35.4 Å². The first-order valence-corrected chi connectivity index (χ1v) is 6.63. The zero-order valence-electron chi connectivity index (χ0n) is 11.3. The lowest BCUT2D eigenvalue weighted by molar-refractivity contribution is -0.130. The Morgan fingerprint density at radius 3 is 2.76 bits per heavy atom. The second-order valence-corrected chi connectivity index (χ2v) is 4.79. The monoisotopic (exact) mass is 282 g/mol. The van der Waals surface area contributed by atoms with E-state index in [0.717, 1.165) is 11.3 Å². The highest BCUT2D eigenvalue weighted by molar-refractivity contribution is 5.96. The Bertz CT molecular complexity index is 647. The van der Waals surface area contributed by atoms with Crippen LogP contribution >= 0.6 is 0 Å². The van der Waals surface area contributed by atoms with Gasteiger partial charge in [0.2, 0.25) is 5.91 Å². The molecule has 6 heteroatoms. The summed E-state index contributed by atoms with van der Waals surface area (Å²) in [5.41, 5.74) is 2.37. The van der Waals surface area contributed by atoms with E-state index in [-0.39, 0.29) is 18.4 Å². The van der Waals surface area contributed by atoms with Crippen molar-refractivity contribution in [2.45, 2.75) is 13.1 Å². The molecule has 0 saturated heterocycles. The third-order valence-corrected chi connectivity index (χ3v) is 3.37. The summed E-state index contributed by atoms with van der Waals surface area (Å²) in [5, 5.41) is 2.64. The Kier molecular flexibility index (Phi) is 3.59. The molecule has 106 valence electrons. The van der Waals surface area contributed by atoms with Crippen LogP contribution in [0.25, 0.3) is 0 Å². The molecule has 1 aliphatic heterocycles. The Morgan fingerprint density at radius 2 is 2.00 bits per heavy atom. The number of nitrogens with one attached hydrogen (secondary N) is 1. The minimum absolute atomic E-state index is 0.0187. The van der Waals surface area contributed by atoms with Gasteiger partial charge in [-0.2, -0.15) is 0 Å². The van der Waals surface area contributed by atoms with Crippen molar-refractivity contribution in [3.8, 4) is 0 Å². The minimum Gasteiger partial charge on any atom is -0.343 e. The summed E-state index contributed by atoms with van der Waals surface area (Å²) >= 11 is 0.